The minimum Gasteiger partial charge on any atom is -0.493 e. The molecule has 0 heterocycles. The highest BCUT2D eigenvalue weighted by atomic mass is 19.2. The molecule has 0 N–H and O–H groups in total. The van der Waals surface area contributed by atoms with E-state index in [1.54, 1.807) is 0 Å². The molecule has 1 nitrogen and oxygen atoms in total. The Labute approximate surface area is 163 Å². The van der Waals surface area contributed by atoms with Crippen molar-refractivity contribution < 1.29 is 13.5 Å². The number of benzene rings is 1. The summed E-state index contributed by atoms with van der Waals surface area (Å²) in [5.74, 6) is 2.19. The zero-order valence-electron chi connectivity index (χ0n) is 16.9. The Morgan fingerprint density at radius 2 is 1.44 bits per heavy atom. The van der Waals surface area contributed by atoms with Gasteiger partial charge in [-0.15, -0.1) is 0 Å². The lowest BCUT2D eigenvalue weighted by atomic mass is 9.69. The van der Waals surface area contributed by atoms with Gasteiger partial charge in [-0.1, -0.05) is 45.4 Å². The van der Waals surface area contributed by atoms with Crippen molar-refractivity contribution in [2.75, 3.05) is 6.61 Å². The van der Waals surface area contributed by atoms with Crippen molar-refractivity contribution >= 4 is 0 Å². The van der Waals surface area contributed by atoms with Crippen molar-refractivity contribution in [1.29, 1.82) is 0 Å². The Hall–Kier alpha value is -1.12. The van der Waals surface area contributed by atoms with Gasteiger partial charge in [0.05, 0.1) is 6.61 Å². The van der Waals surface area contributed by atoms with Crippen molar-refractivity contribution in [3.8, 4) is 5.75 Å². The second kappa shape index (κ2) is 10.4. The monoisotopic (exact) mass is 378 g/mol. The van der Waals surface area contributed by atoms with Gasteiger partial charge in [-0.3, -0.25) is 0 Å². The first-order valence-corrected chi connectivity index (χ1v) is 11.2. The third-order valence-corrected chi connectivity index (χ3v) is 7.04. The average molecular weight is 379 g/mol. The van der Waals surface area contributed by atoms with E-state index in [9.17, 15) is 8.78 Å². The molecule has 152 valence electrons. The Balaban J connectivity index is 1.34. The van der Waals surface area contributed by atoms with Crippen LogP contribution in [0.5, 0.6) is 5.75 Å². The lowest BCUT2D eigenvalue weighted by Crippen LogP contribution is -2.27. The lowest BCUT2D eigenvalue weighted by Gasteiger charge is -2.38. The summed E-state index contributed by atoms with van der Waals surface area (Å²) < 4.78 is 32.0. The molecule has 2 saturated carbocycles. The molecule has 0 unspecified atom stereocenters. The third kappa shape index (κ3) is 6.19. The van der Waals surface area contributed by atoms with Gasteiger partial charge in [-0.25, -0.2) is 8.78 Å². The number of hydrogen-bond acceptors (Lipinski definition) is 1. The smallest absolute Gasteiger partial charge is 0.162 e. The predicted octanol–water partition coefficient (Wildman–Crippen LogP) is 7.54. The number of halogens is 2. The standard InChI is InChI=1S/C24H36F2O/c1-2-3-4-5-18-6-10-20(11-7-18)21-12-8-19(9-13-21)17-27-22-14-15-23(25)24(26)16-22/h14-16,18-21H,2-13,17H2,1H3/t18-,19?,20-,21?. The van der Waals surface area contributed by atoms with Gasteiger partial charge in [0, 0.05) is 6.07 Å². The molecule has 0 radical (unpaired) electrons. The first-order valence-electron chi connectivity index (χ1n) is 11.2. The van der Waals surface area contributed by atoms with Gasteiger partial charge < -0.3 is 4.74 Å². The van der Waals surface area contributed by atoms with E-state index in [0.717, 1.165) is 29.9 Å². The van der Waals surface area contributed by atoms with Crippen LogP contribution in [-0.4, -0.2) is 6.61 Å². The van der Waals surface area contributed by atoms with Crippen LogP contribution >= 0.6 is 0 Å². The van der Waals surface area contributed by atoms with Crippen molar-refractivity contribution in [2.24, 2.45) is 23.7 Å². The highest BCUT2D eigenvalue weighted by Crippen LogP contribution is 2.42. The fourth-order valence-electron chi connectivity index (χ4n) is 5.24. The van der Waals surface area contributed by atoms with E-state index < -0.39 is 11.6 Å². The number of unbranched alkanes of at least 4 members (excludes halogenated alkanes) is 2. The molecule has 27 heavy (non-hydrogen) atoms. The van der Waals surface area contributed by atoms with Gasteiger partial charge in [0.25, 0.3) is 0 Å². The minimum absolute atomic E-state index is 0.442. The van der Waals surface area contributed by atoms with Gasteiger partial charge in [0.1, 0.15) is 5.75 Å². The summed E-state index contributed by atoms with van der Waals surface area (Å²) in [6.45, 7) is 2.91. The summed E-state index contributed by atoms with van der Waals surface area (Å²) in [6.07, 6.45) is 16.5. The van der Waals surface area contributed by atoms with Crippen molar-refractivity contribution in [3.05, 3.63) is 29.8 Å². The molecule has 0 amide bonds. The maximum atomic E-state index is 13.3. The molecule has 0 atom stereocenters. The molecule has 0 bridgehead atoms. The van der Waals surface area contributed by atoms with E-state index in [4.69, 9.17) is 4.74 Å². The Morgan fingerprint density at radius 1 is 0.815 bits per heavy atom. The topological polar surface area (TPSA) is 9.23 Å². The summed E-state index contributed by atoms with van der Waals surface area (Å²) in [5.41, 5.74) is 0. The van der Waals surface area contributed by atoms with E-state index in [1.165, 1.54) is 83.1 Å². The second-order valence-electron chi connectivity index (χ2n) is 8.94. The van der Waals surface area contributed by atoms with Crippen LogP contribution in [0.2, 0.25) is 0 Å². The van der Waals surface area contributed by atoms with E-state index in [1.807, 2.05) is 0 Å². The van der Waals surface area contributed by atoms with Crippen molar-refractivity contribution in [3.63, 3.8) is 0 Å². The molecule has 0 saturated heterocycles. The Bertz CT molecular complexity index is 557. The first-order chi connectivity index (χ1) is 13.2. The minimum atomic E-state index is -0.832. The molecule has 2 aliphatic carbocycles. The molecule has 1 aromatic carbocycles. The van der Waals surface area contributed by atoms with Crippen LogP contribution in [0.1, 0.15) is 84.0 Å². The summed E-state index contributed by atoms with van der Waals surface area (Å²) >= 11 is 0. The molecule has 2 aliphatic rings. The van der Waals surface area contributed by atoms with E-state index in [2.05, 4.69) is 6.92 Å². The molecular weight excluding hydrogens is 342 g/mol. The van der Waals surface area contributed by atoms with E-state index >= 15 is 0 Å². The molecule has 3 rings (SSSR count). The molecule has 2 fully saturated rings. The Morgan fingerprint density at radius 3 is 2.04 bits per heavy atom. The van der Waals surface area contributed by atoms with Crippen LogP contribution in [0.3, 0.4) is 0 Å². The molecule has 0 aliphatic heterocycles. The van der Waals surface area contributed by atoms with Gasteiger partial charge >= 0.3 is 0 Å². The summed E-state index contributed by atoms with van der Waals surface area (Å²) in [7, 11) is 0. The summed E-state index contributed by atoms with van der Waals surface area (Å²) in [4.78, 5) is 0. The average Bonchev–Trinajstić information content (AvgIpc) is 2.70. The van der Waals surface area contributed by atoms with Crippen molar-refractivity contribution in [2.45, 2.75) is 84.0 Å². The molecule has 0 spiro atoms. The number of ether oxygens (including phenoxy) is 1. The van der Waals surface area contributed by atoms with Crippen LogP contribution in [0.15, 0.2) is 18.2 Å². The van der Waals surface area contributed by atoms with Gasteiger partial charge in [0.2, 0.25) is 0 Å². The second-order valence-corrected chi connectivity index (χ2v) is 8.94. The van der Waals surface area contributed by atoms with Crippen molar-refractivity contribution in [1.82, 2.24) is 0 Å². The van der Waals surface area contributed by atoms with Crippen LogP contribution in [0.25, 0.3) is 0 Å². The zero-order chi connectivity index (χ0) is 19.1. The maximum absolute atomic E-state index is 13.3. The summed E-state index contributed by atoms with van der Waals surface area (Å²) in [6, 6.07) is 3.81. The summed E-state index contributed by atoms with van der Waals surface area (Å²) in [5, 5.41) is 0. The predicted molar refractivity (Wildman–Crippen MR) is 107 cm³/mol. The molecular formula is C24H36F2O. The fraction of sp³-hybridized carbons (Fsp3) is 0.750. The highest BCUT2D eigenvalue weighted by molar-refractivity contribution is 5.23. The fourth-order valence-corrected chi connectivity index (χ4v) is 5.24. The van der Waals surface area contributed by atoms with Gasteiger partial charge in [0.15, 0.2) is 11.6 Å². The Kier molecular flexibility index (Phi) is 7.96. The first kappa shape index (κ1) is 20.6. The number of hydrogen-bond donors (Lipinski definition) is 0. The third-order valence-electron chi connectivity index (χ3n) is 7.04. The van der Waals surface area contributed by atoms with Gasteiger partial charge in [-0.05, 0) is 74.3 Å². The molecule has 0 aromatic heterocycles. The molecule has 3 heteroatoms. The van der Waals surface area contributed by atoms with Gasteiger partial charge in [-0.2, -0.15) is 0 Å². The normalized spacial score (nSPS) is 28.9. The molecule has 1 aromatic rings. The van der Waals surface area contributed by atoms with Crippen LogP contribution in [0.4, 0.5) is 8.78 Å². The van der Waals surface area contributed by atoms with E-state index in [-0.39, 0.29) is 0 Å². The van der Waals surface area contributed by atoms with E-state index in [0.29, 0.717) is 18.3 Å². The quantitative estimate of drug-likeness (QED) is 0.425. The van der Waals surface area contributed by atoms with Crippen LogP contribution < -0.4 is 4.74 Å². The largest absolute Gasteiger partial charge is 0.493 e. The van der Waals surface area contributed by atoms with Crippen LogP contribution in [0, 0.1) is 35.3 Å². The lowest BCUT2D eigenvalue weighted by molar-refractivity contribution is 0.121. The van der Waals surface area contributed by atoms with Crippen LogP contribution in [-0.2, 0) is 0 Å². The highest BCUT2D eigenvalue weighted by Gasteiger charge is 2.30. The number of rotatable bonds is 8. The zero-order valence-corrected chi connectivity index (χ0v) is 16.9. The maximum Gasteiger partial charge on any atom is 0.162 e. The SMILES string of the molecule is CCCCC[C@H]1CC[C@H](C2CCC(COc3ccc(F)c(F)c3)CC2)CC1.